The Morgan fingerprint density at radius 2 is 1.67 bits per heavy atom. The lowest BCUT2D eigenvalue weighted by Crippen LogP contribution is -2.47. The van der Waals surface area contributed by atoms with Crippen LogP contribution in [0.4, 0.5) is 0 Å². The summed E-state index contributed by atoms with van der Waals surface area (Å²) in [6, 6.07) is 0.425. The van der Waals surface area contributed by atoms with Gasteiger partial charge in [-0.1, -0.05) is 25.7 Å². The first-order chi connectivity index (χ1) is 8.66. The van der Waals surface area contributed by atoms with Crippen LogP contribution in [0.25, 0.3) is 0 Å². The van der Waals surface area contributed by atoms with E-state index in [0.29, 0.717) is 23.8 Å². The lowest BCUT2D eigenvalue weighted by atomic mass is 9.84. The predicted octanol–water partition coefficient (Wildman–Crippen LogP) is 2.41. The smallest absolute Gasteiger partial charge is 0.223 e. The summed E-state index contributed by atoms with van der Waals surface area (Å²) >= 11 is 0. The minimum atomic E-state index is 0.312. The number of nitrogens with zero attached hydrogens (tertiary/aromatic N) is 1. The van der Waals surface area contributed by atoms with Crippen molar-refractivity contribution in [1.29, 1.82) is 0 Å². The van der Waals surface area contributed by atoms with Gasteiger partial charge in [0.2, 0.25) is 5.91 Å². The highest BCUT2D eigenvalue weighted by atomic mass is 16.1. The van der Waals surface area contributed by atoms with E-state index in [2.05, 4.69) is 24.3 Å². The van der Waals surface area contributed by atoms with Crippen LogP contribution in [0, 0.1) is 11.8 Å². The second kappa shape index (κ2) is 6.55. The van der Waals surface area contributed by atoms with Crippen molar-refractivity contribution in [3.05, 3.63) is 0 Å². The van der Waals surface area contributed by atoms with Crippen molar-refractivity contribution in [1.82, 2.24) is 10.2 Å². The molecule has 3 nitrogen and oxygen atoms in total. The van der Waals surface area contributed by atoms with Crippen LogP contribution < -0.4 is 5.32 Å². The molecule has 0 spiro atoms. The number of hydrogen-bond acceptors (Lipinski definition) is 2. The van der Waals surface area contributed by atoms with Gasteiger partial charge in [0.05, 0.1) is 0 Å². The van der Waals surface area contributed by atoms with Crippen LogP contribution >= 0.6 is 0 Å². The second-order valence-corrected chi connectivity index (χ2v) is 6.40. The maximum atomic E-state index is 12.2. The van der Waals surface area contributed by atoms with Gasteiger partial charge in [0.25, 0.3) is 0 Å². The standard InChI is InChI=1S/C15H28N2O/c1-17(2)11-13-9-5-6-10-14(13)16-15(18)12-7-3-4-8-12/h12-14H,3-11H2,1-2H3,(H,16,18). The zero-order chi connectivity index (χ0) is 13.0. The molecule has 1 amide bonds. The lowest BCUT2D eigenvalue weighted by Gasteiger charge is -2.34. The molecule has 2 unspecified atom stereocenters. The average Bonchev–Trinajstić information content (AvgIpc) is 2.84. The third-order valence-electron chi connectivity index (χ3n) is 4.56. The van der Waals surface area contributed by atoms with E-state index in [-0.39, 0.29) is 0 Å². The Morgan fingerprint density at radius 1 is 1.06 bits per heavy atom. The molecule has 18 heavy (non-hydrogen) atoms. The minimum Gasteiger partial charge on any atom is -0.353 e. The van der Waals surface area contributed by atoms with E-state index < -0.39 is 0 Å². The Hall–Kier alpha value is -0.570. The number of amides is 1. The monoisotopic (exact) mass is 252 g/mol. The molecule has 2 fully saturated rings. The number of rotatable bonds is 4. The van der Waals surface area contributed by atoms with Gasteiger partial charge in [-0.05, 0) is 45.7 Å². The van der Waals surface area contributed by atoms with Crippen LogP contribution in [0.2, 0.25) is 0 Å². The number of nitrogens with one attached hydrogen (secondary N) is 1. The Morgan fingerprint density at radius 3 is 2.33 bits per heavy atom. The fraction of sp³-hybridized carbons (Fsp3) is 0.933. The zero-order valence-electron chi connectivity index (χ0n) is 12.0. The first-order valence-corrected chi connectivity index (χ1v) is 7.62. The van der Waals surface area contributed by atoms with Crippen molar-refractivity contribution < 1.29 is 4.79 Å². The minimum absolute atomic E-state index is 0.312. The quantitative estimate of drug-likeness (QED) is 0.833. The highest BCUT2D eigenvalue weighted by Crippen LogP contribution is 2.28. The van der Waals surface area contributed by atoms with E-state index in [0.717, 1.165) is 19.4 Å². The molecular weight excluding hydrogens is 224 g/mol. The van der Waals surface area contributed by atoms with Crippen LogP contribution in [0.15, 0.2) is 0 Å². The molecule has 0 bridgehead atoms. The molecule has 104 valence electrons. The fourth-order valence-corrected chi connectivity index (χ4v) is 3.57. The van der Waals surface area contributed by atoms with Gasteiger partial charge in [-0.25, -0.2) is 0 Å². The summed E-state index contributed by atoms with van der Waals surface area (Å²) in [5.41, 5.74) is 0. The highest BCUT2D eigenvalue weighted by Gasteiger charge is 2.30. The van der Waals surface area contributed by atoms with Crippen molar-refractivity contribution in [3.63, 3.8) is 0 Å². The first kappa shape index (κ1) is 13.9. The maximum absolute atomic E-state index is 12.2. The summed E-state index contributed by atoms with van der Waals surface area (Å²) in [4.78, 5) is 14.5. The van der Waals surface area contributed by atoms with Crippen LogP contribution in [-0.2, 0) is 4.79 Å². The van der Waals surface area contributed by atoms with E-state index in [1.165, 1.54) is 38.5 Å². The van der Waals surface area contributed by atoms with Gasteiger partial charge in [-0.2, -0.15) is 0 Å². The molecule has 0 heterocycles. The molecule has 2 rings (SSSR count). The summed E-state index contributed by atoms with van der Waals surface area (Å²) in [6.45, 7) is 1.11. The lowest BCUT2D eigenvalue weighted by molar-refractivity contribution is -0.126. The van der Waals surface area contributed by atoms with Gasteiger partial charge < -0.3 is 10.2 Å². The molecule has 0 radical (unpaired) electrons. The van der Waals surface area contributed by atoms with Gasteiger partial charge in [0.15, 0.2) is 0 Å². The number of carbonyl (C=O) groups excluding carboxylic acids is 1. The molecule has 0 aromatic carbocycles. The van der Waals surface area contributed by atoms with E-state index in [1.807, 2.05) is 0 Å². The SMILES string of the molecule is CN(C)CC1CCCCC1NC(=O)C1CCCC1. The van der Waals surface area contributed by atoms with E-state index in [9.17, 15) is 4.79 Å². The van der Waals surface area contributed by atoms with Gasteiger partial charge >= 0.3 is 0 Å². The van der Waals surface area contributed by atoms with Crippen molar-refractivity contribution in [2.45, 2.75) is 57.4 Å². The largest absolute Gasteiger partial charge is 0.353 e. The molecule has 2 aliphatic rings. The number of carbonyl (C=O) groups is 1. The van der Waals surface area contributed by atoms with Gasteiger partial charge in [0, 0.05) is 18.5 Å². The molecule has 2 saturated carbocycles. The summed E-state index contributed by atoms with van der Waals surface area (Å²) in [5.74, 6) is 1.30. The third kappa shape index (κ3) is 3.71. The van der Waals surface area contributed by atoms with E-state index >= 15 is 0 Å². The van der Waals surface area contributed by atoms with Crippen LogP contribution in [0.1, 0.15) is 51.4 Å². The zero-order valence-corrected chi connectivity index (χ0v) is 12.0. The topological polar surface area (TPSA) is 32.3 Å². The summed E-state index contributed by atoms with van der Waals surface area (Å²) in [5, 5.41) is 3.35. The normalized spacial score (nSPS) is 29.7. The molecule has 0 aromatic heterocycles. The van der Waals surface area contributed by atoms with Crippen molar-refractivity contribution in [2.75, 3.05) is 20.6 Å². The molecule has 0 aromatic rings. The molecular formula is C15H28N2O. The first-order valence-electron chi connectivity index (χ1n) is 7.62. The summed E-state index contributed by atoms with van der Waals surface area (Å²) in [6.07, 6.45) is 9.75. The van der Waals surface area contributed by atoms with Crippen molar-refractivity contribution in [3.8, 4) is 0 Å². The number of hydrogen-bond donors (Lipinski definition) is 1. The third-order valence-corrected chi connectivity index (χ3v) is 4.56. The maximum Gasteiger partial charge on any atom is 0.223 e. The summed E-state index contributed by atoms with van der Waals surface area (Å²) in [7, 11) is 4.26. The van der Waals surface area contributed by atoms with Gasteiger partial charge in [0.1, 0.15) is 0 Å². The van der Waals surface area contributed by atoms with Gasteiger partial charge in [-0.3, -0.25) is 4.79 Å². The Kier molecular flexibility index (Phi) is 5.04. The Labute approximate surface area is 111 Å². The predicted molar refractivity (Wildman–Crippen MR) is 74.4 cm³/mol. The Bertz CT molecular complexity index is 272. The molecule has 2 atom stereocenters. The molecule has 2 aliphatic carbocycles. The second-order valence-electron chi connectivity index (χ2n) is 6.40. The average molecular weight is 252 g/mol. The molecule has 3 heteroatoms. The molecule has 1 N–H and O–H groups in total. The molecule has 0 aliphatic heterocycles. The van der Waals surface area contributed by atoms with Crippen LogP contribution in [0.3, 0.4) is 0 Å². The van der Waals surface area contributed by atoms with Crippen molar-refractivity contribution in [2.24, 2.45) is 11.8 Å². The highest BCUT2D eigenvalue weighted by molar-refractivity contribution is 5.79. The van der Waals surface area contributed by atoms with Crippen LogP contribution in [-0.4, -0.2) is 37.5 Å². The fourth-order valence-electron chi connectivity index (χ4n) is 3.57. The van der Waals surface area contributed by atoms with Crippen molar-refractivity contribution >= 4 is 5.91 Å². The Balaban J connectivity index is 1.86. The van der Waals surface area contributed by atoms with Gasteiger partial charge in [-0.15, -0.1) is 0 Å². The summed E-state index contributed by atoms with van der Waals surface area (Å²) < 4.78 is 0. The van der Waals surface area contributed by atoms with E-state index in [1.54, 1.807) is 0 Å². The van der Waals surface area contributed by atoms with E-state index in [4.69, 9.17) is 0 Å². The van der Waals surface area contributed by atoms with Crippen LogP contribution in [0.5, 0.6) is 0 Å². The molecule has 0 saturated heterocycles.